The lowest BCUT2D eigenvalue weighted by molar-refractivity contribution is -0.132. The molecule has 1 unspecified atom stereocenters. The Morgan fingerprint density at radius 3 is 2.48 bits per heavy atom. The highest BCUT2D eigenvalue weighted by Crippen LogP contribution is 2.13. The maximum absolute atomic E-state index is 12.1. The Kier molecular flexibility index (Phi) is 5.59. The first-order chi connectivity index (χ1) is 10.1. The van der Waals surface area contributed by atoms with Gasteiger partial charge in [0, 0.05) is 23.8 Å². The smallest absolute Gasteiger partial charge is 0.239 e. The van der Waals surface area contributed by atoms with Crippen molar-refractivity contribution in [3.63, 3.8) is 0 Å². The fourth-order valence-corrected chi connectivity index (χ4v) is 2.41. The largest absolute Gasteiger partial charge is 0.341 e. The molecule has 1 atom stereocenters. The minimum absolute atomic E-state index is 0.0618. The predicted octanol–water partition coefficient (Wildman–Crippen LogP) is 1.88. The molecule has 0 aliphatic carbocycles. The van der Waals surface area contributed by atoms with Crippen molar-refractivity contribution in [1.29, 1.82) is 0 Å². The van der Waals surface area contributed by atoms with E-state index in [1.807, 2.05) is 4.90 Å². The van der Waals surface area contributed by atoms with Gasteiger partial charge in [-0.15, -0.1) is 0 Å². The molecule has 1 heterocycles. The molecule has 114 valence electrons. The van der Waals surface area contributed by atoms with Crippen LogP contribution in [0.5, 0.6) is 0 Å². The van der Waals surface area contributed by atoms with E-state index in [-0.39, 0.29) is 24.4 Å². The summed E-state index contributed by atoms with van der Waals surface area (Å²) in [5.41, 5.74) is 0.685. The molecule has 2 N–H and O–H groups in total. The molecular weight excluding hydrogens is 290 g/mol. The molecule has 1 aliphatic rings. The first kappa shape index (κ1) is 15.8. The summed E-state index contributed by atoms with van der Waals surface area (Å²) in [4.78, 5) is 25.7. The van der Waals surface area contributed by atoms with Gasteiger partial charge in [-0.2, -0.15) is 0 Å². The number of likely N-dealkylation sites (tertiary alicyclic amines) is 1. The monoisotopic (exact) mass is 309 g/mol. The number of benzene rings is 1. The molecule has 0 bridgehead atoms. The third-order valence-corrected chi connectivity index (χ3v) is 3.74. The number of carbonyl (C=O) groups excluding carboxylic acids is 2. The quantitative estimate of drug-likeness (QED) is 0.873. The van der Waals surface area contributed by atoms with E-state index in [1.54, 1.807) is 31.2 Å². The second-order valence-electron chi connectivity index (χ2n) is 5.19. The van der Waals surface area contributed by atoms with E-state index in [4.69, 9.17) is 11.6 Å². The Balaban J connectivity index is 1.75. The molecule has 21 heavy (non-hydrogen) atoms. The fraction of sp³-hybridized carbons (Fsp3) is 0.467. The van der Waals surface area contributed by atoms with Gasteiger partial charge in [0.15, 0.2) is 0 Å². The van der Waals surface area contributed by atoms with Gasteiger partial charge in [0.1, 0.15) is 0 Å². The minimum atomic E-state index is -0.348. The lowest BCUT2D eigenvalue weighted by Crippen LogP contribution is -2.45. The average molecular weight is 310 g/mol. The van der Waals surface area contributed by atoms with Gasteiger partial charge in [-0.25, -0.2) is 0 Å². The van der Waals surface area contributed by atoms with Crippen LogP contribution in [0.15, 0.2) is 24.3 Å². The predicted molar refractivity (Wildman–Crippen MR) is 83.4 cm³/mol. The zero-order valence-electron chi connectivity index (χ0n) is 12.1. The molecular formula is C15H20ClN3O2. The van der Waals surface area contributed by atoms with Gasteiger partial charge in [0.2, 0.25) is 11.8 Å². The molecule has 5 nitrogen and oxygen atoms in total. The van der Waals surface area contributed by atoms with Gasteiger partial charge in [0.05, 0.1) is 12.6 Å². The Labute approximate surface area is 129 Å². The molecule has 1 fully saturated rings. The van der Waals surface area contributed by atoms with Crippen molar-refractivity contribution in [3.8, 4) is 0 Å². The first-order valence-electron chi connectivity index (χ1n) is 7.14. The van der Waals surface area contributed by atoms with Gasteiger partial charge in [-0.3, -0.25) is 14.9 Å². The summed E-state index contributed by atoms with van der Waals surface area (Å²) >= 11 is 5.78. The third-order valence-electron chi connectivity index (χ3n) is 3.48. The van der Waals surface area contributed by atoms with E-state index < -0.39 is 0 Å². The topological polar surface area (TPSA) is 61.4 Å². The molecule has 2 amide bonds. The number of nitrogens with one attached hydrogen (secondary N) is 2. The van der Waals surface area contributed by atoms with Crippen LogP contribution < -0.4 is 10.6 Å². The maximum atomic E-state index is 12.1. The van der Waals surface area contributed by atoms with Crippen molar-refractivity contribution in [2.45, 2.75) is 25.8 Å². The lowest BCUT2D eigenvalue weighted by Gasteiger charge is -2.21. The molecule has 2 rings (SSSR count). The summed E-state index contributed by atoms with van der Waals surface area (Å²) in [6.07, 6.45) is 2.13. The van der Waals surface area contributed by atoms with Crippen molar-refractivity contribution < 1.29 is 9.59 Å². The fourth-order valence-electron chi connectivity index (χ4n) is 2.28. The van der Waals surface area contributed by atoms with Crippen LogP contribution in [-0.4, -0.2) is 42.4 Å². The molecule has 1 saturated heterocycles. The van der Waals surface area contributed by atoms with Crippen molar-refractivity contribution >= 4 is 29.1 Å². The van der Waals surface area contributed by atoms with Crippen LogP contribution in [0.2, 0.25) is 5.02 Å². The summed E-state index contributed by atoms with van der Waals surface area (Å²) in [5, 5.41) is 6.33. The number of amides is 2. The van der Waals surface area contributed by atoms with E-state index in [0.29, 0.717) is 10.7 Å². The Hall–Kier alpha value is -1.59. The summed E-state index contributed by atoms with van der Waals surface area (Å²) in [5.74, 6) is -0.120. The summed E-state index contributed by atoms with van der Waals surface area (Å²) in [7, 11) is 0. The molecule has 1 aromatic rings. The van der Waals surface area contributed by atoms with E-state index in [9.17, 15) is 9.59 Å². The van der Waals surface area contributed by atoms with Crippen LogP contribution in [0.4, 0.5) is 5.69 Å². The van der Waals surface area contributed by atoms with Crippen LogP contribution in [-0.2, 0) is 9.59 Å². The summed E-state index contributed by atoms with van der Waals surface area (Å²) in [6, 6.07) is 6.55. The number of halogens is 1. The van der Waals surface area contributed by atoms with Crippen LogP contribution in [0, 0.1) is 0 Å². The lowest BCUT2D eigenvalue weighted by atomic mass is 10.3. The van der Waals surface area contributed by atoms with Crippen LogP contribution >= 0.6 is 11.6 Å². The number of nitrogens with zero attached hydrogens (tertiary/aromatic N) is 1. The van der Waals surface area contributed by atoms with Gasteiger partial charge < -0.3 is 10.2 Å². The maximum Gasteiger partial charge on any atom is 0.239 e. The van der Waals surface area contributed by atoms with E-state index >= 15 is 0 Å². The second-order valence-corrected chi connectivity index (χ2v) is 5.63. The Bertz CT molecular complexity index is 498. The molecule has 1 aliphatic heterocycles. The standard InChI is InChI=1S/C15H20ClN3O2/c1-11(15(21)19-8-2-3-9-19)17-10-14(20)18-13-6-4-12(16)5-7-13/h4-7,11,17H,2-3,8-10H2,1H3,(H,18,20). The summed E-state index contributed by atoms with van der Waals surface area (Å²) < 4.78 is 0. The molecule has 6 heteroatoms. The van der Waals surface area contributed by atoms with Crippen molar-refractivity contribution in [2.24, 2.45) is 0 Å². The number of hydrogen-bond donors (Lipinski definition) is 2. The summed E-state index contributed by atoms with van der Waals surface area (Å²) in [6.45, 7) is 3.53. The highest BCUT2D eigenvalue weighted by atomic mass is 35.5. The normalized spacial score (nSPS) is 15.8. The second kappa shape index (κ2) is 7.43. The van der Waals surface area contributed by atoms with E-state index in [0.717, 1.165) is 25.9 Å². The number of anilines is 1. The molecule has 0 saturated carbocycles. The van der Waals surface area contributed by atoms with E-state index in [1.165, 1.54) is 0 Å². The molecule has 0 aromatic heterocycles. The third kappa shape index (κ3) is 4.72. The minimum Gasteiger partial charge on any atom is -0.341 e. The molecule has 0 radical (unpaired) electrons. The van der Waals surface area contributed by atoms with E-state index in [2.05, 4.69) is 10.6 Å². The van der Waals surface area contributed by atoms with Crippen molar-refractivity contribution in [1.82, 2.24) is 10.2 Å². The SMILES string of the molecule is CC(NCC(=O)Nc1ccc(Cl)cc1)C(=O)N1CCCC1. The zero-order valence-corrected chi connectivity index (χ0v) is 12.8. The zero-order chi connectivity index (χ0) is 15.2. The average Bonchev–Trinajstić information content (AvgIpc) is 3.00. The van der Waals surface area contributed by atoms with Gasteiger partial charge in [0.25, 0.3) is 0 Å². The highest BCUT2D eigenvalue weighted by molar-refractivity contribution is 6.30. The Morgan fingerprint density at radius 1 is 1.24 bits per heavy atom. The van der Waals surface area contributed by atoms with Crippen LogP contribution in [0.25, 0.3) is 0 Å². The van der Waals surface area contributed by atoms with Crippen molar-refractivity contribution in [3.05, 3.63) is 29.3 Å². The number of rotatable bonds is 5. The van der Waals surface area contributed by atoms with Gasteiger partial charge in [-0.05, 0) is 44.0 Å². The van der Waals surface area contributed by atoms with Gasteiger partial charge in [-0.1, -0.05) is 11.6 Å². The van der Waals surface area contributed by atoms with Gasteiger partial charge >= 0.3 is 0 Å². The van der Waals surface area contributed by atoms with Crippen LogP contribution in [0.1, 0.15) is 19.8 Å². The highest BCUT2D eigenvalue weighted by Gasteiger charge is 2.23. The van der Waals surface area contributed by atoms with Crippen molar-refractivity contribution in [2.75, 3.05) is 25.0 Å². The first-order valence-corrected chi connectivity index (χ1v) is 7.51. The Morgan fingerprint density at radius 2 is 1.86 bits per heavy atom. The number of hydrogen-bond acceptors (Lipinski definition) is 3. The van der Waals surface area contributed by atoms with Crippen LogP contribution in [0.3, 0.4) is 0 Å². The molecule has 1 aromatic carbocycles. The number of carbonyl (C=O) groups is 2. The molecule has 0 spiro atoms.